The molecule has 1 heterocycles. The van der Waals surface area contributed by atoms with E-state index in [0.29, 0.717) is 39.5 Å². The largest absolute Gasteiger partial charge is 0.495 e. The highest BCUT2D eigenvalue weighted by Crippen LogP contribution is 2.46. The second-order valence-corrected chi connectivity index (χ2v) is 9.26. The zero-order valence-corrected chi connectivity index (χ0v) is 21.5. The Morgan fingerprint density at radius 1 is 1.08 bits per heavy atom. The molecular formula is C28H22Cl2N4O3. The molecule has 0 unspecified atom stereocenters. The Labute approximate surface area is 224 Å². The molecule has 3 aromatic carbocycles. The quantitative estimate of drug-likeness (QED) is 0.321. The van der Waals surface area contributed by atoms with Gasteiger partial charge in [0.25, 0.3) is 5.91 Å². The summed E-state index contributed by atoms with van der Waals surface area (Å²) in [5.41, 5.74) is 4.29. The van der Waals surface area contributed by atoms with Crippen molar-refractivity contribution in [2.45, 2.75) is 18.5 Å². The number of nitrogens with one attached hydrogen (secondary N) is 2. The van der Waals surface area contributed by atoms with Crippen LogP contribution in [0.5, 0.6) is 11.5 Å². The molecule has 2 atom stereocenters. The van der Waals surface area contributed by atoms with Crippen LogP contribution in [0.2, 0.25) is 10.0 Å². The summed E-state index contributed by atoms with van der Waals surface area (Å²) in [5.74, 6) is 3.01. The van der Waals surface area contributed by atoms with E-state index in [1.807, 2.05) is 42.5 Å². The number of nitrogens with zero attached hydrogens (tertiary/aromatic N) is 2. The van der Waals surface area contributed by atoms with E-state index in [2.05, 4.69) is 21.5 Å². The number of hydrogen-bond donors (Lipinski definition) is 2. The molecule has 7 nitrogen and oxygen atoms in total. The standard InChI is InChI=1S/C28H22Cl2N4O3/c1-4-23(35)32-20-12-15-7-5-6-8-18(15)27(20)34-28-31-14-17-11-16(9-10-19(17)33-28)24-25(29)21(36-2)13-22(37-3)26(24)30/h1,5-11,13-14,20,27H,12H2,2-3H3,(H,32,35)(H,31,33,34)/t20-,27+/m0/s1. The molecular weight excluding hydrogens is 511 g/mol. The summed E-state index contributed by atoms with van der Waals surface area (Å²) >= 11 is 13.2. The van der Waals surface area contributed by atoms with Crippen molar-refractivity contribution in [3.05, 3.63) is 75.9 Å². The summed E-state index contributed by atoms with van der Waals surface area (Å²) in [4.78, 5) is 21.2. The fraction of sp³-hybridized carbons (Fsp3) is 0.179. The number of methoxy groups -OCH3 is 2. The molecule has 0 aliphatic heterocycles. The van der Waals surface area contributed by atoms with Crippen LogP contribution in [0.1, 0.15) is 17.2 Å². The maximum Gasteiger partial charge on any atom is 0.295 e. The first-order valence-electron chi connectivity index (χ1n) is 11.4. The van der Waals surface area contributed by atoms with Gasteiger partial charge in [-0.25, -0.2) is 9.97 Å². The molecule has 186 valence electrons. The average Bonchev–Trinajstić information content (AvgIpc) is 3.25. The Hall–Kier alpha value is -3.99. The Kier molecular flexibility index (Phi) is 6.79. The number of benzene rings is 3. The highest BCUT2D eigenvalue weighted by atomic mass is 35.5. The van der Waals surface area contributed by atoms with Crippen LogP contribution in [0.25, 0.3) is 22.0 Å². The maximum absolute atomic E-state index is 11.9. The Bertz CT molecular complexity index is 1540. The Morgan fingerprint density at radius 3 is 2.51 bits per heavy atom. The fourth-order valence-corrected chi connectivity index (χ4v) is 5.37. The van der Waals surface area contributed by atoms with Crippen molar-refractivity contribution >= 4 is 46.0 Å². The lowest BCUT2D eigenvalue weighted by molar-refractivity contribution is -0.116. The lowest BCUT2D eigenvalue weighted by Crippen LogP contribution is -2.39. The van der Waals surface area contributed by atoms with E-state index < -0.39 is 5.91 Å². The smallest absolute Gasteiger partial charge is 0.295 e. The predicted octanol–water partition coefficient (Wildman–Crippen LogP) is 5.45. The first kappa shape index (κ1) is 24.7. The van der Waals surface area contributed by atoms with Gasteiger partial charge in [-0.1, -0.05) is 53.5 Å². The number of terminal acetylenes is 1. The summed E-state index contributed by atoms with van der Waals surface area (Å²) in [6.45, 7) is 0. The van der Waals surface area contributed by atoms with E-state index >= 15 is 0 Å². The number of rotatable bonds is 6. The highest BCUT2D eigenvalue weighted by molar-refractivity contribution is 6.41. The Balaban J connectivity index is 1.49. The number of aromatic nitrogens is 2. The molecule has 5 rings (SSSR count). The minimum absolute atomic E-state index is 0.227. The summed E-state index contributed by atoms with van der Waals surface area (Å²) in [5, 5.41) is 7.84. The van der Waals surface area contributed by atoms with Gasteiger partial charge in [-0.2, -0.15) is 0 Å². The highest BCUT2D eigenvalue weighted by Gasteiger charge is 2.33. The van der Waals surface area contributed by atoms with Crippen molar-refractivity contribution in [2.24, 2.45) is 0 Å². The number of anilines is 1. The number of fused-ring (bicyclic) bond motifs is 2. The number of halogens is 2. The molecule has 0 radical (unpaired) electrons. The first-order chi connectivity index (χ1) is 17.9. The zero-order valence-electron chi connectivity index (χ0n) is 20.0. The van der Waals surface area contributed by atoms with Gasteiger partial charge < -0.3 is 20.1 Å². The molecule has 1 aliphatic carbocycles. The van der Waals surface area contributed by atoms with Gasteiger partial charge in [0, 0.05) is 23.2 Å². The van der Waals surface area contributed by atoms with E-state index in [1.54, 1.807) is 12.3 Å². The van der Waals surface area contributed by atoms with Gasteiger partial charge in [-0.3, -0.25) is 4.79 Å². The van der Waals surface area contributed by atoms with Gasteiger partial charge in [0.15, 0.2) is 0 Å². The third kappa shape index (κ3) is 4.62. The van der Waals surface area contributed by atoms with Crippen LogP contribution in [0, 0.1) is 12.3 Å². The molecule has 9 heteroatoms. The van der Waals surface area contributed by atoms with Crippen molar-refractivity contribution in [3.8, 4) is 35.0 Å². The van der Waals surface area contributed by atoms with E-state index in [1.165, 1.54) is 14.2 Å². The lowest BCUT2D eigenvalue weighted by atomic mass is 10.0. The number of carbonyl (C=O) groups excluding carboxylic acids is 1. The topological polar surface area (TPSA) is 85.4 Å². The second kappa shape index (κ2) is 10.2. The molecule has 1 aromatic heterocycles. The molecule has 0 fully saturated rings. The summed E-state index contributed by atoms with van der Waals surface area (Å²) in [6, 6.07) is 14.9. The van der Waals surface area contributed by atoms with Gasteiger partial charge in [0.2, 0.25) is 5.95 Å². The van der Waals surface area contributed by atoms with Crippen LogP contribution in [-0.4, -0.2) is 36.1 Å². The second-order valence-electron chi connectivity index (χ2n) is 8.50. The van der Waals surface area contributed by atoms with E-state index in [4.69, 9.17) is 44.1 Å². The van der Waals surface area contributed by atoms with E-state index in [0.717, 1.165) is 27.6 Å². The maximum atomic E-state index is 11.9. The molecule has 0 bridgehead atoms. The number of hydrogen-bond acceptors (Lipinski definition) is 6. The monoisotopic (exact) mass is 532 g/mol. The van der Waals surface area contributed by atoms with Crippen molar-refractivity contribution in [1.82, 2.24) is 15.3 Å². The molecule has 0 saturated heterocycles. The van der Waals surface area contributed by atoms with Crippen LogP contribution < -0.4 is 20.1 Å². The molecule has 1 aliphatic rings. The number of ether oxygens (including phenoxy) is 2. The Morgan fingerprint density at radius 2 is 1.81 bits per heavy atom. The summed E-state index contributed by atoms with van der Waals surface area (Å²) in [7, 11) is 3.07. The predicted molar refractivity (Wildman–Crippen MR) is 145 cm³/mol. The molecule has 2 N–H and O–H groups in total. The molecule has 37 heavy (non-hydrogen) atoms. The van der Waals surface area contributed by atoms with Gasteiger partial charge in [-0.15, -0.1) is 6.42 Å². The minimum Gasteiger partial charge on any atom is -0.495 e. The average molecular weight is 533 g/mol. The van der Waals surface area contributed by atoms with Crippen molar-refractivity contribution in [1.29, 1.82) is 0 Å². The van der Waals surface area contributed by atoms with E-state index in [-0.39, 0.29) is 12.1 Å². The van der Waals surface area contributed by atoms with Crippen LogP contribution in [0.15, 0.2) is 54.7 Å². The zero-order chi connectivity index (χ0) is 26.1. The first-order valence-corrected chi connectivity index (χ1v) is 12.2. The normalized spacial score (nSPS) is 16.1. The van der Waals surface area contributed by atoms with Crippen LogP contribution in [0.3, 0.4) is 0 Å². The SMILES string of the molecule is C#CC(=O)N[C@H]1Cc2ccccc2[C@H]1Nc1ncc2cc(-c3c(Cl)c(OC)cc(OC)c3Cl)ccc2n1. The fourth-order valence-electron chi connectivity index (χ4n) is 4.65. The molecule has 1 amide bonds. The van der Waals surface area contributed by atoms with Gasteiger partial charge in [-0.05, 0) is 41.2 Å². The third-order valence-electron chi connectivity index (χ3n) is 6.41. The third-order valence-corrected chi connectivity index (χ3v) is 7.16. The summed E-state index contributed by atoms with van der Waals surface area (Å²) in [6.07, 6.45) is 7.66. The molecule has 0 spiro atoms. The summed E-state index contributed by atoms with van der Waals surface area (Å²) < 4.78 is 10.8. The van der Waals surface area contributed by atoms with Crippen LogP contribution in [0.4, 0.5) is 5.95 Å². The number of carbonyl (C=O) groups is 1. The van der Waals surface area contributed by atoms with Crippen LogP contribution >= 0.6 is 23.2 Å². The molecule has 0 saturated carbocycles. The number of amides is 1. The van der Waals surface area contributed by atoms with E-state index in [9.17, 15) is 4.79 Å². The van der Waals surface area contributed by atoms with Crippen molar-refractivity contribution < 1.29 is 14.3 Å². The lowest BCUT2D eigenvalue weighted by Gasteiger charge is -2.22. The van der Waals surface area contributed by atoms with Gasteiger partial charge in [0.05, 0.1) is 41.9 Å². The van der Waals surface area contributed by atoms with Crippen LogP contribution in [-0.2, 0) is 11.2 Å². The minimum atomic E-state index is -0.456. The van der Waals surface area contributed by atoms with Crippen molar-refractivity contribution in [3.63, 3.8) is 0 Å². The van der Waals surface area contributed by atoms with Gasteiger partial charge in [0.1, 0.15) is 11.5 Å². The van der Waals surface area contributed by atoms with Gasteiger partial charge >= 0.3 is 0 Å². The molecule has 4 aromatic rings. The van der Waals surface area contributed by atoms with Crippen molar-refractivity contribution in [2.75, 3.05) is 19.5 Å².